The zero-order chi connectivity index (χ0) is 20.2. The van der Waals surface area contributed by atoms with E-state index < -0.39 is 22.1 Å². The highest BCUT2D eigenvalue weighted by Gasteiger charge is 2.16. The van der Waals surface area contributed by atoms with Crippen LogP contribution in [0.15, 0.2) is 59.5 Å². The zero-order valence-corrected chi connectivity index (χ0v) is 17.1. The quantitative estimate of drug-likeness (QED) is 0.212. The molecule has 0 aliphatic carbocycles. The fourth-order valence-corrected chi connectivity index (χ4v) is 2.98. The molecule has 27 heavy (non-hydrogen) atoms. The highest BCUT2D eigenvalue weighted by atomic mass is 127. The average molecular weight is 502 g/mol. The molecular formula is C18H15IO7S. The predicted molar refractivity (Wildman–Crippen MR) is 105 cm³/mol. The summed E-state index contributed by atoms with van der Waals surface area (Å²) in [5, 5.41) is 0. The van der Waals surface area contributed by atoms with Crippen LogP contribution in [-0.4, -0.2) is 24.9 Å². The summed E-state index contributed by atoms with van der Waals surface area (Å²) in [4.78, 5) is 23.5. The lowest BCUT2D eigenvalue weighted by atomic mass is 10.2. The normalized spacial score (nSPS) is 10.9. The maximum Gasteiger partial charge on any atom is 0.343 e. The van der Waals surface area contributed by atoms with Crippen LogP contribution in [0.3, 0.4) is 0 Å². The van der Waals surface area contributed by atoms with E-state index in [-0.39, 0.29) is 28.4 Å². The van der Waals surface area contributed by atoms with Gasteiger partial charge in [0.25, 0.3) is 10.1 Å². The van der Waals surface area contributed by atoms with Crippen molar-refractivity contribution in [3.05, 3.63) is 69.3 Å². The number of hydrogen-bond donors (Lipinski definition) is 1. The number of carbonyl (C=O) groups is 2. The van der Waals surface area contributed by atoms with Crippen LogP contribution in [0, 0.1) is 3.57 Å². The van der Waals surface area contributed by atoms with Crippen molar-refractivity contribution in [3.63, 3.8) is 0 Å². The van der Waals surface area contributed by atoms with Gasteiger partial charge in [-0.3, -0.25) is 4.55 Å². The maximum absolute atomic E-state index is 12.3. The first-order valence-corrected chi connectivity index (χ1v) is 10.0. The Bertz CT molecular complexity index is 995. The molecule has 0 aliphatic rings. The molecule has 0 heterocycles. The van der Waals surface area contributed by atoms with Gasteiger partial charge >= 0.3 is 11.9 Å². The molecule has 0 bridgehead atoms. The molecule has 2 aromatic rings. The van der Waals surface area contributed by atoms with Crippen LogP contribution in [0.25, 0.3) is 0 Å². The first kappa shape index (κ1) is 21.1. The van der Waals surface area contributed by atoms with Gasteiger partial charge in [0.2, 0.25) is 0 Å². The van der Waals surface area contributed by atoms with Gasteiger partial charge in [0.15, 0.2) is 0 Å². The van der Waals surface area contributed by atoms with Crippen molar-refractivity contribution < 1.29 is 32.0 Å². The summed E-state index contributed by atoms with van der Waals surface area (Å²) >= 11 is 2.07. The van der Waals surface area contributed by atoms with E-state index in [1.165, 1.54) is 19.1 Å². The topological polar surface area (TPSA) is 107 Å². The SMILES string of the molecule is C=C(C)C(=O)OCc1cc(I)ccc1OC(=O)c1ccc(S(=O)(=O)O)cc1. The molecule has 0 saturated carbocycles. The Labute approximate surface area is 169 Å². The van der Waals surface area contributed by atoms with Gasteiger partial charge in [-0.25, -0.2) is 9.59 Å². The van der Waals surface area contributed by atoms with Crippen molar-refractivity contribution in [1.82, 2.24) is 0 Å². The lowest BCUT2D eigenvalue weighted by Crippen LogP contribution is -2.12. The van der Waals surface area contributed by atoms with Gasteiger partial charge in [-0.2, -0.15) is 8.42 Å². The Morgan fingerprint density at radius 2 is 1.78 bits per heavy atom. The summed E-state index contributed by atoms with van der Waals surface area (Å²) < 4.78 is 42.3. The highest BCUT2D eigenvalue weighted by molar-refractivity contribution is 14.1. The summed E-state index contributed by atoms with van der Waals surface area (Å²) in [6.45, 7) is 4.92. The van der Waals surface area contributed by atoms with Crippen molar-refractivity contribution in [3.8, 4) is 5.75 Å². The molecule has 0 fully saturated rings. The van der Waals surface area contributed by atoms with Crippen LogP contribution in [-0.2, 0) is 26.3 Å². The molecule has 0 unspecified atom stereocenters. The monoisotopic (exact) mass is 502 g/mol. The van der Waals surface area contributed by atoms with Crippen LogP contribution in [0.4, 0.5) is 0 Å². The Hall–Kier alpha value is -2.24. The van der Waals surface area contributed by atoms with Crippen molar-refractivity contribution >= 4 is 44.6 Å². The van der Waals surface area contributed by atoms with Crippen LogP contribution >= 0.6 is 22.6 Å². The maximum atomic E-state index is 12.3. The molecule has 2 aromatic carbocycles. The molecule has 0 atom stereocenters. The molecule has 2 rings (SSSR count). The van der Waals surface area contributed by atoms with Crippen LogP contribution in [0.5, 0.6) is 5.75 Å². The summed E-state index contributed by atoms with van der Waals surface area (Å²) in [7, 11) is -4.35. The molecule has 0 amide bonds. The lowest BCUT2D eigenvalue weighted by Gasteiger charge is -2.11. The Balaban J connectivity index is 2.19. The van der Waals surface area contributed by atoms with Gasteiger partial charge in [-0.15, -0.1) is 0 Å². The number of carbonyl (C=O) groups excluding carboxylic acids is 2. The summed E-state index contributed by atoms with van der Waals surface area (Å²) in [5.41, 5.74) is 0.823. The first-order valence-electron chi connectivity index (χ1n) is 7.48. The van der Waals surface area contributed by atoms with Gasteiger partial charge in [-0.1, -0.05) is 6.58 Å². The molecule has 7 nitrogen and oxygen atoms in total. The Morgan fingerprint density at radius 1 is 1.15 bits per heavy atom. The van der Waals surface area contributed by atoms with E-state index in [4.69, 9.17) is 14.0 Å². The van der Waals surface area contributed by atoms with E-state index >= 15 is 0 Å². The number of rotatable bonds is 6. The van der Waals surface area contributed by atoms with Gasteiger partial charge in [0, 0.05) is 14.7 Å². The average Bonchev–Trinajstić information content (AvgIpc) is 2.60. The van der Waals surface area contributed by atoms with E-state index in [9.17, 15) is 18.0 Å². The molecule has 0 spiro atoms. The van der Waals surface area contributed by atoms with Gasteiger partial charge in [0.1, 0.15) is 12.4 Å². The van der Waals surface area contributed by atoms with Gasteiger partial charge in [0.05, 0.1) is 10.5 Å². The Morgan fingerprint density at radius 3 is 2.33 bits per heavy atom. The largest absolute Gasteiger partial charge is 0.457 e. The second kappa shape index (κ2) is 8.63. The number of esters is 2. The molecule has 0 aliphatic heterocycles. The molecule has 0 aromatic heterocycles. The van der Waals surface area contributed by atoms with Crippen LogP contribution < -0.4 is 4.74 Å². The summed E-state index contributed by atoms with van der Waals surface area (Å²) in [5.74, 6) is -1.09. The third kappa shape index (κ3) is 5.88. The third-order valence-corrected chi connectivity index (χ3v) is 4.86. The Kier molecular flexibility index (Phi) is 6.73. The van der Waals surface area contributed by atoms with Crippen LogP contribution in [0.1, 0.15) is 22.8 Å². The van der Waals surface area contributed by atoms with E-state index in [0.29, 0.717) is 5.56 Å². The molecule has 0 saturated heterocycles. The standard InChI is InChI=1S/C18H15IO7S/c1-11(2)17(20)25-10-13-9-14(19)5-8-16(13)26-18(21)12-3-6-15(7-4-12)27(22,23)24/h3-9H,1,10H2,2H3,(H,22,23,24). The number of hydrogen-bond acceptors (Lipinski definition) is 6. The molecule has 1 N–H and O–H groups in total. The fourth-order valence-electron chi connectivity index (χ4n) is 1.95. The van der Waals surface area contributed by atoms with E-state index in [1.54, 1.807) is 18.2 Å². The molecular weight excluding hydrogens is 487 g/mol. The smallest absolute Gasteiger partial charge is 0.343 e. The minimum Gasteiger partial charge on any atom is -0.457 e. The van der Waals surface area contributed by atoms with E-state index in [1.807, 2.05) is 0 Å². The lowest BCUT2D eigenvalue weighted by molar-refractivity contribution is -0.140. The van der Waals surface area contributed by atoms with Crippen molar-refractivity contribution in [1.29, 1.82) is 0 Å². The fraction of sp³-hybridized carbons (Fsp3) is 0.111. The van der Waals surface area contributed by atoms with Gasteiger partial charge in [-0.05, 0) is 72.0 Å². The summed E-state index contributed by atoms with van der Waals surface area (Å²) in [6, 6.07) is 9.61. The third-order valence-electron chi connectivity index (χ3n) is 3.32. The van der Waals surface area contributed by atoms with Gasteiger partial charge < -0.3 is 9.47 Å². The van der Waals surface area contributed by atoms with Crippen molar-refractivity contribution in [2.24, 2.45) is 0 Å². The van der Waals surface area contributed by atoms with E-state index in [2.05, 4.69) is 29.2 Å². The number of halogens is 1. The first-order chi connectivity index (χ1) is 12.6. The minimum atomic E-state index is -4.35. The second-order valence-electron chi connectivity index (χ2n) is 5.50. The van der Waals surface area contributed by atoms with Crippen molar-refractivity contribution in [2.45, 2.75) is 18.4 Å². The second-order valence-corrected chi connectivity index (χ2v) is 8.16. The minimum absolute atomic E-state index is 0.0887. The van der Waals surface area contributed by atoms with Crippen molar-refractivity contribution in [2.75, 3.05) is 0 Å². The molecule has 142 valence electrons. The highest BCUT2D eigenvalue weighted by Crippen LogP contribution is 2.24. The predicted octanol–water partition coefficient (Wildman–Crippen LogP) is 3.38. The van der Waals surface area contributed by atoms with E-state index in [0.717, 1.165) is 15.7 Å². The van der Waals surface area contributed by atoms with Crippen LogP contribution in [0.2, 0.25) is 0 Å². The molecule has 9 heteroatoms. The summed E-state index contributed by atoms with van der Waals surface area (Å²) in [6.07, 6.45) is 0. The number of ether oxygens (including phenoxy) is 2. The zero-order valence-electron chi connectivity index (χ0n) is 14.1. The molecule has 0 radical (unpaired) electrons. The number of benzene rings is 2.